The molecule has 0 saturated heterocycles. The lowest BCUT2D eigenvalue weighted by Gasteiger charge is -2.19. The summed E-state index contributed by atoms with van der Waals surface area (Å²) in [6.07, 6.45) is 0. The van der Waals surface area contributed by atoms with Gasteiger partial charge in [-0.15, -0.1) is 0 Å². The minimum absolute atomic E-state index is 0.00768. The summed E-state index contributed by atoms with van der Waals surface area (Å²) in [5.74, 6) is 0. The van der Waals surface area contributed by atoms with Crippen molar-refractivity contribution >= 4 is 23.2 Å². The zero-order valence-corrected chi connectivity index (χ0v) is 37.5. The smallest absolute Gasteiger partial charge is 0.0685 e. The van der Waals surface area contributed by atoms with Crippen LogP contribution >= 0.6 is 23.2 Å². The lowest BCUT2D eigenvalue weighted by Crippen LogP contribution is -2.13. The first-order valence-corrected chi connectivity index (χ1v) is 20.2. The first-order chi connectivity index (χ1) is 26.5. The average Bonchev–Trinajstić information content (AvgIpc) is 3.89. The lowest BCUT2D eigenvalue weighted by atomic mass is 9.87. The van der Waals surface area contributed by atoms with Gasteiger partial charge in [0.15, 0.2) is 0 Å². The van der Waals surface area contributed by atoms with Crippen molar-refractivity contribution in [2.24, 2.45) is 17.2 Å². The zero-order chi connectivity index (χ0) is 42.5. The molecule has 6 rings (SSSR count). The third kappa shape index (κ3) is 11.9. The van der Waals surface area contributed by atoms with Crippen molar-refractivity contribution in [3.05, 3.63) is 141 Å². The topological polar surface area (TPSA) is 132 Å². The van der Waals surface area contributed by atoms with Gasteiger partial charge in [0.1, 0.15) is 0 Å². The number of nitrogens with zero attached hydrogens (tertiary/aromatic N) is 6. The van der Waals surface area contributed by atoms with E-state index in [0.717, 1.165) is 56.2 Å². The van der Waals surface area contributed by atoms with Gasteiger partial charge in [-0.05, 0) is 83.8 Å². The number of benzene rings is 3. The highest BCUT2D eigenvalue weighted by atomic mass is 35.5. The van der Waals surface area contributed by atoms with E-state index in [0.29, 0.717) is 24.7 Å². The summed E-state index contributed by atoms with van der Waals surface area (Å²) in [6.45, 7) is 27.4. The second-order valence-corrected chi connectivity index (χ2v) is 19.3. The highest BCUT2D eigenvalue weighted by Crippen LogP contribution is 2.28. The molecular formula is C46H63Cl2N9. The molecule has 0 unspecified atom stereocenters. The summed E-state index contributed by atoms with van der Waals surface area (Å²) in [7, 11) is 0. The molecule has 306 valence electrons. The quantitative estimate of drug-likeness (QED) is 0.153. The van der Waals surface area contributed by atoms with Crippen LogP contribution in [0.3, 0.4) is 0 Å². The third-order valence-corrected chi connectivity index (χ3v) is 9.87. The normalized spacial score (nSPS) is 12.2. The number of aromatic nitrogens is 6. The third-order valence-electron chi connectivity index (χ3n) is 9.38. The van der Waals surface area contributed by atoms with Crippen LogP contribution < -0.4 is 17.2 Å². The first-order valence-electron chi connectivity index (χ1n) is 19.5. The van der Waals surface area contributed by atoms with Crippen molar-refractivity contribution in [1.29, 1.82) is 0 Å². The molecule has 57 heavy (non-hydrogen) atoms. The van der Waals surface area contributed by atoms with Crippen molar-refractivity contribution in [2.75, 3.05) is 0 Å². The number of rotatable bonds is 6. The number of nitrogens with two attached hydrogens (primary N) is 3. The van der Waals surface area contributed by atoms with Crippen LogP contribution in [0.15, 0.2) is 91.0 Å². The maximum absolute atomic E-state index is 6.01. The fourth-order valence-corrected chi connectivity index (χ4v) is 6.07. The predicted octanol–water partition coefficient (Wildman–Crippen LogP) is 10.5. The van der Waals surface area contributed by atoms with Crippen LogP contribution in [0.1, 0.15) is 123 Å². The molecule has 3 heterocycles. The SMILES string of the molecule is CC(C)(C)c1cc(CN)n(-c2ccc(Cl)cc2)n1.CC(C)(C)c1cc(CN)n(-c2cccc(Cl)c2)n1.CC(C)(C)c1ccc(-n2nc(C(C)(C)C)cc2CN)cc1. The van der Waals surface area contributed by atoms with Crippen LogP contribution in [0.5, 0.6) is 0 Å². The number of hydrogen-bond donors (Lipinski definition) is 3. The summed E-state index contributed by atoms with van der Waals surface area (Å²) in [5, 5.41) is 15.5. The molecule has 0 atom stereocenters. The van der Waals surface area contributed by atoms with E-state index in [2.05, 4.69) is 136 Å². The molecular weight excluding hydrogens is 749 g/mol. The molecule has 3 aromatic heterocycles. The molecule has 3 aromatic carbocycles. The summed E-state index contributed by atoms with van der Waals surface area (Å²) in [5.41, 5.74) is 28.2. The molecule has 0 radical (unpaired) electrons. The summed E-state index contributed by atoms with van der Waals surface area (Å²) in [6, 6.07) is 30.1. The Labute approximate surface area is 350 Å². The van der Waals surface area contributed by atoms with Crippen molar-refractivity contribution in [1.82, 2.24) is 29.3 Å². The Morgan fingerprint density at radius 1 is 0.421 bits per heavy atom. The molecule has 0 bridgehead atoms. The summed E-state index contributed by atoms with van der Waals surface area (Å²) < 4.78 is 5.72. The largest absolute Gasteiger partial charge is 0.325 e. The van der Waals surface area contributed by atoms with E-state index in [1.807, 2.05) is 62.6 Å². The Kier molecular flexibility index (Phi) is 14.5. The first kappa shape index (κ1) is 45.5. The van der Waals surface area contributed by atoms with E-state index in [-0.39, 0.29) is 21.7 Å². The van der Waals surface area contributed by atoms with Crippen LogP contribution in [0.2, 0.25) is 10.0 Å². The zero-order valence-electron chi connectivity index (χ0n) is 36.0. The van der Waals surface area contributed by atoms with Crippen LogP contribution in [-0.2, 0) is 41.3 Å². The van der Waals surface area contributed by atoms with Crippen molar-refractivity contribution < 1.29 is 0 Å². The van der Waals surface area contributed by atoms with Gasteiger partial charge >= 0.3 is 0 Å². The lowest BCUT2D eigenvalue weighted by molar-refractivity contribution is 0.559. The second-order valence-electron chi connectivity index (χ2n) is 18.4. The molecule has 6 N–H and O–H groups in total. The van der Waals surface area contributed by atoms with Gasteiger partial charge in [0.25, 0.3) is 0 Å². The van der Waals surface area contributed by atoms with Gasteiger partial charge in [0.05, 0.1) is 51.2 Å². The predicted molar refractivity (Wildman–Crippen MR) is 239 cm³/mol. The molecule has 0 saturated carbocycles. The van der Waals surface area contributed by atoms with Gasteiger partial charge in [-0.1, -0.05) is 124 Å². The molecule has 0 fully saturated rings. The number of halogens is 2. The monoisotopic (exact) mass is 811 g/mol. The fourth-order valence-electron chi connectivity index (χ4n) is 5.76. The van der Waals surface area contributed by atoms with Crippen LogP contribution in [-0.4, -0.2) is 29.3 Å². The van der Waals surface area contributed by atoms with E-state index in [9.17, 15) is 0 Å². The van der Waals surface area contributed by atoms with Crippen molar-refractivity contribution in [2.45, 2.75) is 124 Å². The molecule has 0 aliphatic carbocycles. The van der Waals surface area contributed by atoms with Crippen LogP contribution in [0.4, 0.5) is 0 Å². The molecule has 6 aromatic rings. The highest BCUT2D eigenvalue weighted by molar-refractivity contribution is 6.31. The Morgan fingerprint density at radius 2 is 0.772 bits per heavy atom. The standard InChI is InChI=1S/C18H27N3.2C14H18ClN3/c1-17(2,3)13-7-9-14(10-8-13)21-15(12-19)11-16(20-21)18(4,5)6;1-14(2,3)13-8-12(9-16)18(17-13)11-6-4-10(15)5-7-11;1-14(2,3)13-8-12(9-16)18(17-13)11-6-4-5-10(15)7-11/h7-11H,12,19H2,1-6H3;2*4-8H,9,16H2,1-3H3. The molecule has 0 aliphatic heterocycles. The van der Waals surface area contributed by atoms with Crippen molar-refractivity contribution in [3.8, 4) is 17.1 Å². The Hall–Kier alpha value is -4.25. The second kappa shape index (κ2) is 18.1. The van der Waals surface area contributed by atoms with Gasteiger partial charge in [0.2, 0.25) is 0 Å². The number of hydrogen-bond acceptors (Lipinski definition) is 6. The van der Waals surface area contributed by atoms with Crippen LogP contribution in [0, 0.1) is 0 Å². The molecule has 11 heteroatoms. The average molecular weight is 813 g/mol. The van der Waals surface area contributed by atoms with Gasteiger partial charge in [-0.25, -0.2) is 14.0 Å². The minimum Gasteiger partial charge on any atom is -0.325 e. The highest BCUT2D eigenvalue weighted by Gasteiger charge is 2.22. The van der Waals surface area contributed by atoms with Gasteiger partial charge < -0.3 is 17.2 Å². The summed E-state index contributed by atoms with van der Waals surface area (Å²) in [4.78, 5) is 0. The molecule has 0 aliphatic rings. The Morgan fingerprint density at radius 3 is 1.09 bits per heavy atom. The van der Waals surface area contributed by atoms with E-state index in [4.69, 9.17) is 45.5 Å². The van der Waals surface area contributed by atoms with E-state index in [1.165, 1.54) is 5.56 Å². The Balaban J connectivity index is 0.000000190. The van der Waals surface area contributed by atoms with Crippen molar-refractivity contribution in [3.63, 3.8) is 0 Å². The molecule has 0 spiro atoms. The minimum atomic E-state index is 0.00768. The summed E-state index contributed by atoms with van der Waals surface area (Å²) >= 11 is 11.9. The maximum atomic E-state index is 6.01. The van der Waals surface area contributed by atoms with E-state index >= 15 is 0 Å². The van der Waals surface area contributed by atoms with Gasteiger partial charge in [-0.3, -0.25) is 0 Å². The maximum Gasteiger partial charge on any atom is 0.0685 e. The molecule has 9 nitrogen and oxygen atoms in total. The fraction of sp³-hybridized carbons (Fsp3) is 0.413. The van der Waals surface area contributed by atoms with E-state index < -0.39 is 0 Å². The van der Waals surface area contributed by atoms with Crippen LogP contribution in [0.25, 0.3) is 17.1 Å². The molecule has 0 amide bonds. The van der Waals surface area contributed by atoms with Gasteiger partial charge in [-0.2, -0.15) is 15.3 Å². The van der Waals surface area contributed by atoms with Gasteiger partial charge in [0, 0.05) is 45.9 Å². The Bertz CT molecular complexity index is 2200. The van der Waals surface area contributed by atoms with E-state index in [1.54, 1.807) is 0 Å².